The molecule has 5 heteroatoms. The van der Waals surface area contributed by atoms with Gasteiger partial charge >= 0.3 is 5.97 Å². The summed E-state index contributed by atoms with van der Waals surface area (Å²) in [6.45, 7) is 0. The third-order valence-corrected chi connectivity index (χ3v) is 5.13. The van der Waals surface area contributed by atoms with E-state index in [0.717, 1.165) is 16.3 Å². The molecule has 2 N–H and O–H groups in total. The zero-order valence-corrected chi connectivity index (χ0v) is 11.9. The summed E-state index contributed by atoms with van der Waals surface area (Å²) in [5.41, 5.74) is 1.02. The molecule has 0 aliphatic rings. The molecule has 20 heavy (non-hydrogen) atoms. The van der Waals surface area contributed by atoms with Gasteiger partial charge in [0.1, 0.15) is 0 Å². The van der Waals surface area contributed by atoms with Crippen LogP contribution < -0.4 is 0 Å². The minimum atomic E-state index is -3.37. The van der Waals surface area contributed by atoms with Crippen molar-refractivity contribution in [1.82, 2.24) is 0 Å². The van der Waals surface area contributed by atoms with Gasteiger partial charge in [-0.2, -0.15) is 0 Å². The van der Waals surface area contributed by atoms with Crippen molar-refractivity contribution >= 4 is 24.1 Å². The van der Waals surface area contributed by atoms with Crippen LogP contribution >= 0.6 is 7.37 Å². The summed E-state index contributed by atoms with van der Waals surface area (Å²) in [5, 5.41) is 10.7. The number of hydrogen-bond acceptors (Lipinski definition) is 2. The van der Waals surface area contributed by atoms with Crippen molar-refractivity contribution in [2.75, 3.05) is 12.3 Å². The van der Waals surface area contributed by atoms with E-state index in [1.54, 1.807) is 0 Å². The number of carboxylic acid groups (broad SMARTS) is 1. The van der Waals surface area contributed by atoms with Crippen LogP contribution in [0.5, 0.6) is 0 Å². The minimum absolute atomic E-state index is 0.119. The van der Waals surface area contributed by atoms with Gasteiger partial charge in [-0.1, -0.05) is 42.5 Å². The van der Waals surface area contributed by atoms with E-state index < -0.39 is 13.3 Å². The van der Waals surface area contributed by atoms with E-state index in [4.69, 9.17) is 5.11 Å². The number of carboxylic acids is 1. The molecule has 0 heterocycles. The van der Waals surface area contributed by atoms with Crippen molar-refractivity contribution in [3.05, 3.63) is 48.0 Å². The lowest BCUT2D eigenvalue weighted by molar-refractivity contribution is -0.136. The lowest BCUT2D eigenvalue weighted by Gasteiger charge is -2.11. The van der Waals surface area contributed by atoms with E-state index in [1.807, 2.05) is 42.5 Å². The zero-order chi connectivity index (χ0) is 14.6. The van der Waals surface area contributed by atoms with Crippen molar-refractivity contribution in [2.24, 2.45) is 0 Å². The average molecular weight is 292 g/mol. The van der Waals surface area contributed by atoms with Gasteiger partial charge in [-0.25, -0.2) is 0 Å². The van der Waals surface area contributed by atoms with Crippen LogP contribution in [0.1, 0.15) is 12.0 Å². The van der Waals surface area contributed by atoms with Crippen LogP contribution in [-0.4, -0.2) is 28.3 Å². The van der Waals surface area contributed by atoms with Crippen LogP contribution in [0.4, 0.5) is 0 Å². The highest BCUT2D eigenvalue weighted by Gasteiger charge is 2.19. The predicted molar refractivity (Wildman–Crippen MR) is 79.5 cm³/mol. The average Bonchev–Trinajstić information content (AvgIpc) is 2.43. The highest BCUT2D eigenvalue weighted by Crippen LogP contribution is 2.41. The van der Waals surface area contributed by atoms with Crippen LogP contribution in [0, 0.1) is 0 Å². The van der Waals surface area contributed by atoms with Gasteiger partial charge in [0.25, 0.3) is 0 Å². The maximum Gasteiger partial charge on any atom is 0.303 e. The molecule has 0 bridgehead atoms. The monoisotopic (exact) mass is 292 g/mol. The molecule has 0 fully saturated rings. The Labute approximate surface area is 117 Å². The van der Waals surface area contributed by atoms with E-state index in [9.17, 15) is 14.3 Å². The van der Waals surface area contributed by atoms with Gasteiger partial charge in [0, 0.05) is 12.3 Å². The van der Waals surface area contributed by atoms with Gasteiger partial charge in [-0.05, 0) is 22.8 Å². The Balaban J connectivity index is 2.09. The molecule has 0 aliphatic heterocycles. The third kappa shape index (κ3) is 3.92. The molecule has 106 valence electrons. The van der Waals surface area contributed by atoms with Crippen LogP contribution in [0.15, 0.2) is 42.5 Å². The first-order chi connectivity index (χ1) is 9.48. The molecule has 0 radical (unpaired) electrons. The second-order valence-corrected chi connectivity index (χ2v) is 7.41. The van der Waals surface area contributed by atoms with Crippen molar-refractivity contribution in [3.8, 4) is 0 Å². The lowest BCUT2D eigenvalue weighted by Crippen LogP contribution is -2.04. The smallest absolute Gasteiger partial charge is 0.303 e. The molecule has 0 spiro atoms. The molecule has 1 atom stereocenters. The predicted octanol–water partition coefficient (Wildman–Crippen LogP) is 3.13. The van der Waals surface area contributed by atoms with Crippen LogP contribution in [0.3, 0.4) is 0 Å². The standard InChI is InChI=1S/C15H17O4P/c16-15(17)9-11-20(18,19)10-8-13-6-3-5-12-4-1-2-7-14(12)13/h1-7H,8-11H2,(H,16,17)(H,18,19). The van der Waals surface area contributed by atoms with Gasteiger partial charge in [-0.3, -0.25) is 9.36 Å². The van der Waals surface area contributed by atoms with Crippen molar-refractivity contribution in [2.45, 2.75) is 12.8 Å². The van der Waals surface area contributed by atoms with Gasteiger partial charge in [0.05, 0.1) is 6.42 Å². The first-order valence-corrected chi connectivity index (χ1v) is 8.50. The molecule has 4 nitrogen and oxygen atoms in total. The highest BCUT2D eigenvalue weighted by atomic mass is 31.2. The van der Waals surface area contributed by atoms with Crippen molar-refractivity contribution < 1.29 is 19.4 Å². The molecular formula is C15H17O4P. The lowest BCUT2D eigenvalue weighted by atomic mass is 10.0. The summed E-state index contributed by atoms with van der Waals surface area (Å²) in [7, 11) is -3.37. The first-order valence-electron chi connectivity index (χ1n) is 6.47. The number of carbonyl (C=O) groups is 1. The molecule has 2 rings (SSSR count). The Bertz CT molecular complexity index is 660. The fourth-order valence-corrected chi connectivity index (χ4v) is 3.54. The molecule has 0 saturated carbocycles. The Kier molecular flexibility index (Phi) is 4.58. The molecular weight excluding hydrogens is 275 g/mol. The maximum absolute atomic E-state index is 11.9. The summed E-state index contributed by atoms with van der Waals surface area (Å²) < 4.78 is 11.9. The summed E-state index contributed by atoms with van der Waals surface area (Å²) in [6.07, 6.45) is 0.180. The molecule has 0 saturated heterocycles. The highest BCUT2D eigenvalue weighted by molar-refractivity contribution is 7.58. The van der Waals surface area contributed by atoms with E-state index in [-0.39, 0.29) is 18.7 Å². The topological polar surface area (TPSA) is 74.6 Å². The first kappa shape index (κ1) is 14.8. The van der Waals surface area contributed by atoms with Gasteiger partial charge in [0.15, 0.2) is 0 Å². The van der Waals surface area contributed by atoms with Crippen molar-refractivity contribution in [1.29, 1.82) is 0 Å². The van der Waals surface area contributed by atoms with Gasteiger partial charge in [-0.15, -0.1) is 0 Å². The number of hydrogen-bond donors (Lipinski definition) is 2. The largest absolute Gasteiger partial charge is 0.481 e. The zero-order valence-electron chi connectivity index (χ0n) is 11.0. The molecule has 1 unspecified atom stereocenters. The number of fused-ring (bicyclic) bond motifs is 1. The summed E-state index contributed by atoms with van der Waals surface area (Å²) in [4.78, 5) is 20.3. The minimum Gasteiger partial charge on any atom is -0.481 e. The Morgan fingerprint density at radius 3 is 2.50 bits per heavy atom. The van der Waals surface area contributed by atoms with E-state index in [0.29, 0.717) is 6.42 Å². The molecule has 0 aliphatic carbocycles. The normalized spacial score (nSPS) is 14.1. The van der Waals surface area contributed by atoms with Crippen LogP contribution in [-0.2, 0) is 15.8 Å². The fraction of sp³-hybridized carbons (Fsp3) is 0.267. The Morgan fingerprint density at radius 2 is 1.75 bits per heavy atom. The number of benzene rings is 2. The van der Waals surface area contributed by atoms with Crippen LogP contribution in [0.2, 0.25) is 0 Å². The summed E-state index contributed by atoms with van der Waals surface area (Å²) in [6, 6.07) is 13.8. The quantitative estimate of drug-likeness (QED) is 0.802. The summed E-state index contributed by atoms with van der Waals surface area (Å²) >= 11 is 0. The summed E-state index contributed by atoms with van der Waals surface area (Å²) in [5.74, 6) is -1.04. The number of rotatable bonds is 6. The Morgan fingerprint density at radius 1 is 1.05 bits per heavy atom. The molecule has 2 aromatic carbocycles. The fourth-order valence-electron chi connectivity index (χ4n) is 2.19. The van der Waals surface area contributed by atoms with Crippen molar-refractivity contribution in [3.63, 3.8) is 0 Å². The number of aliphatic carboxylic acids is 1. The van der Waals surface area contributed by atoms with E-state index in [2.05, 4.69) is 0 Å². The third-order valence-electron chi connectivity index (χ3n) is 3.29. The SMILES string of the molecule is O=C(O)CCP(=O)(O)CCc1cccc2ccccc12. The van der Waals surface area contributed by atoms with E-state index >= 15 is 0 Å². The molecule has 0 amide bonds. The number of aryl methyl sites for hydroxylation is 1. The second-order valence-electron chi connectivity index (χ2n) is 4.83. The van der Waals surface area contributed by atoms with Gasteiger partial charge < -0.3 is 10.00 Å². The second kappa shape index (κ2) is 6.21. The molecule has 0 aromatic heterocycles. The Hall–Kier alpha value is -1.64. The van der Waals surface area contributed by atoms with Gasteiger partial charge in [0.2, 0.25) is 7.37 Å². The molecule has 2 aromatic rings. The van der Waals surface area contributed by atoms with Crippen LogP contribution in [0.25, 0.3) is 10.8 Å². The maximum atomic E-state index is 11.9. The van der Waals surface area contributed by atoms with E-state index in [1.165, 1.54) is 0 Å².